The van der Waals surface area contributed by atoms with E-state index in [4.69, 9.17) is 4.74 Å². The molecule has 1 aliphatic rings. The third kappa shape index (κ3) is 5.91. The summed E-state index contributed by atoms with van der Waals surface area (Å²) in [6, 6.07) is 10.9. The molecule has 2 atom stereocenters. The molecule has 2 rings (SSSR count). The Hall–Kier alpha value is -1.97. The summed E-state index contributed by atoms with van der Waals surface area (Å²) in [4.78, 5) is 2.43. The minimum atomic E-state index is -0.223. The number of ether oxygens (including phenoxy) is 1. The monoisotopic (exact) mass is 327 g/mol. The van der Waals surface area contributed by atoms with E-state index in [2.05, 4.69) is 42.7 Å². The molecule has 1 fully saturated rings. The first-order chi connectivity index (χ1) is 11.6. The van der Waals surface area contributed by atoms with Crippen LogP contribution in [0.3, 0.4) is 0 Å². The van der Waals surface area contributed by atoms with Gasteiger partial charge in [-0.1, -0.05) is 61.2 Å². The van der Waals surface area contributed by atoms with Gasteiger partial charge in [0.05, 0.1) is 18.5 Å². The number of morpholine rings is 1. The number of halogens is 1. The van der Waals surface area contributed by atoms with Crippen LogP contribution in [-0.4, -0.2) is 30.2 Å². The molecule has 0 saturated carbocycles. The molecule has 0 bridgehead atoms. The van der Waals surface area contributed by atoms with E-state index in [1.54, 1.807) is 12.2 Å². The number of hydrogen-bond donors (Lipinski definition) is 0. The van der Waals surface area contributed by atoms with Gasteiger partial charge in [0.15, 0.2) is 0 Å². The van der Waals surface area contributed by atoms with E-state index in [9.17, 15) is 4.39 Å². The van der Waals surface area contributed by atoms with Gasteiger partial charge in [-0.2, -0.15) is 0 Å². The van der Waals surface area contributed by atoms with Crippen molar-refractivity contribution in [1.82, 2.24) is 4.90 Å². The van der Waals surface area contributed by atoms with Crippen molar-refractivity contribution in [3.63, 3.8) is 0 Å². The lowest BCUT2D eigenvalue weighted by molar-refractivity contribution is -0.0398. The van der Waals surface area contributed by atoms with Crippen LogP contribution >= 0.6 is 0 Å². The minimum Gasteiger partial charge on any atom is -0.371 e. The van der Waals surface area contributed by atoms with E-state index in [1.807, 2.05) is 18.2 Å². The van der Waals surface area contributed by atoms with Gasteiger partial charge in [0.1, 0.15) is 0 Å². The molecule has 2 unspecified atom stereocenters. The highest BCUT2D eigenvalue weighted by molar-refractivity contribution is 5.33. The lowest BCUT2D eigenvalue weighted by atomic mass is 10.1. The summed E-state index contributed by atoms with van der Waals surface area (Å²) >= 11 is 0. The number of benzene rings is 1. The zero-order chi connectivity index (χ0) is 17.4. The van der Waals surface area contributed by atoms with Crippen LogP contribution in [0.5, 0.6) is 0 Å². The molecule has 1 aromatic carbocycles. The van der Waals surface area contributed by atoms with Gasteiger partial charge in [0.2, 0.25) is 0 Å². The van der Waals surface area contributed by atoms with Crippen LogP contribution in [0.25, 0.3) is 0 Å². The molecular weight excluding hydrogens is 301 g/mol. The molecule has 0 aliphatic carbocycles. The summed E-state index contributed by atoms with van der Waals surface area (Å²) in [7, 11) is 0. The molecule has 0 N–H and O–H groups in total. The highest BCUT2D eigenvalue weighted by Gasteiger charge is 2.24. The predicted octanol–water partition coefficient (Wildman–Crippen LogP) is 4.82. The number of allylic oxidation sites excluding steroid dienone is 6. The maximum atomic E-state index is 12.8. The summed E-state index contributed by atoms with van der Waals surface area (Å²) in [5.74, 6) is -0.223. The Labute approximate surface area is 144 Å². The van der Waals surface area contributed by atoms with E-state index in [1.165, 1.54) is 18.6 Å². The Balaban J connectivity index is 1.99. The molecular formula is C21H26FNO. The summed E-state index contributed by atoms with van der Waals surface area (Å²) in [6.45, 7) is 9.84. The second-order valence-electron chi connectivity index (χ2n) is 6.12. The van der Waals surface area contributed by atoms with Gasteiger partial charge < -0.3 is 4.74 Å². The fraction of sp³-hybridized carbons (Fsp3) is 0.333. The van der Waals surface area contributed by atoms with Crippen molar-refractivity contribution in [3.8, 4) is 0 Å². The molecule has 3 heteroatoms. The number of nitrogens with zero attached hydrogens (tertiary/aromatic N) is 1. The van der Waals surface area contributed by atoms with Crippen molar-refractivity contribution in [1.29, 1.82) is 0 Å². The third-order valence-corrected chi connectivity index (χ3v) is 4.06. The normalized spacial score (nSPS) is 23.6. The van der Waals surface area contributed by atoms with E-state index in [0.717, 1.165) is 18.7 Å². The van der Waals surface area contributed by atoms with Crippen molar-refractivity contribution in [3.05, 3.63) is 84.3 Å². The fourth-order valence-electron chi connectivity index (χ4n) is 2.61. The molecule has 0 spiro atoms. The summed E-state index contributed by atoms with van der Waals surface area (Å²) in [5.41, 5.74) is 2.17. The summed E-state index contributed by atoms with van der Waals surface area (Å²) in [5, 5.41) is 0. The minimum absolute atomic E-state index is 0.0312. The van der Waals surface area contributed by atoms with Crippen LogP contribution in [0, 0.1) is 0 Å². The summed E-state index contributed by atoms with van der Waals surface area (Å²) < 4.78 is 18.7. The molecule has 2 nitrogen and oxygen atoms in total. The van der Waals surface area contributed by atoms with Crippen LogP contribution in [0.4, 0.5) is 4.39 Å². The van der Waals surface area contributed by atoms with Gasteiger partial charge in [-0.05, 0) is 31.1 Å². The summed E-state index contributed by atoms with van der Waals surface area (Å²) in [6.07, 6.45) is 8.86. The molecule has 0 radical (unpaired) electrons. The second kappa shape index (κ2) is 9.36. The first-order valence-electron chi connectivity index (χ1n) is 8.33. The van der Waals surface area contributed by atoms with Gasteiger partial charge >= 0.3 is 0 Å². The number of hydrogen-bond acceptors (Lipinski definition) is 2. The number of rotatable bonds is 6. The van der Waals surface area contributed by atoms with Crippen LogP contribution in [0.1, 0.15) is 19.4 Å². The Morgan fingerprint density at radius 3 is 2.75 bits per heavy atom. The van der Waals surface area contributed by atoms with Gasteiger partial charge in [0.25, 0.3) is 0 Å². The van der Waals surface area contributed by atoms with E-state index in [-0.39, 0.29) is 11.9 Å². The highest BCUT2D eigenvalue weighted by atomic mass is 19.1. The zero-order valence-electron chi connectivity index (χ0n) is 14.5. The standard InChI is InChI=1S/C21H26FNO/c1-4-19(11-10-17(2)22)12-13-21-15-23(18(3)16-24-21)14-20-8-6-5-7-9-20/h4-13,18,21H,1,14-16H2,2-3H3/b13-12+,17-10+,19-11+. The van der Waals surface area contributed by atoms with Gasteiger partial charge in [-0.3, -0.25) is 4.90 Å². The average molecular weight is 327 g/mol. The van der Waals surface area contributed by atoms with Crippen molar-refractivity contribution in [2.45, 2.75) is 32.5 Å². The maximum Gasteiger partial charge on any atom is 0.0968 e. The largest absolute Gasteiger partial charge is 0.371 e. The van der Waals surface area contributed by atoms with E-state index >= 15 is 0 Å². The third-order valence-electron chi connectivity index (χ3n) is 4.06. The molecule has 24 heavy (non-hydrogen) atoms. The van der Waals surface area contributed by atoms with E-state index in [0.29, 0.717) is 12.6 Å². The van der Waals surface area contributed by atoms with Crippen LogP contribution in [0.15, 0.2) is 78.7 Å². The van der Waals surface area contributed by atoms with Gasteiger partial charge in [-0.25, -0.2) is 4.39 Å². The molecule has 1 aliphatic heterocycles. The molecule has 1 saturated heterocycles. The Morgan fingerprint density at radius 1 is 1.33 bits per heavy atom. The Kier molecular flexibility index (Phi) is 7.16. The van der Waals surface area contributed by atoms with Crippen LogP contribution in [0.2, 0.25) is 0 Å². The zero-order valence-corrected chi connectivity index (χ0v) is 14.5. The quantitative estimate of drug-likeness (QED) is 0.695. The predicted molar refractivity (Wildman–Crippen MR) is 98.3 cm³/mol. The highest BCUT2D eigenvalue weighted by Crippen LogP contribution is 2.17. The van der Waals surface area contributed by atoms with Crippen molar-refractivity contribution in [2.75, 3.05) is 13.2 Å². The molecule has 1 heterocycles. The SMILES string of the molecule is C=CC(/C=C/C1CN(Cc2ccccc2)C(C)CO1)=C\C=C(/C)F. The molecule has 1 aromatic rings. The van der Waals surface area contributed by atoms with Gasteiger partial charge in [0, 0.05) is 19.1 Å². The molecule has 128 valence electrons. The van der Waals surface area contributed by atoms with Gasteiger partial charge in [-0.15, -0.1) is 0 Å². The van der Waals surface area contributed by atoms with E-state index < -0.39 is 0 Å². The van der Waals surface area contributed by atoms with Crippen molar-refractivity contribution < 1.29 is 9.13 Å². The first kappa shape index (κ1) is 18.4. The second-order valence-corrected chi connectivity index (χ2v) is 6.12. The van der Waals surface area contributed by atoms with Crippen molar-refractivity contribution in [2.24, 2.45) is 0 Å². The average Bonchev–Trinajstić information content (AvgIpc) is 2.58. The maximum absolute atomic E-state index is 12.8. The lowest BCUT2D eigenvalue weighted by Gasteiger charge is -2.37. The topological polar surface area (TPSA) is 12.5 Å². The van der Waals surface area contributed by atoms with Crippen molar-refractivity contribution >= 4 is 0 Å². The Bertz CT molecular complexity index is 614. The molecule has 0 amide bonds. The van der Waals surface area contributed by atoms with Crippen LogP contribution < -0.4 is 0 Å². The Morgan fingerprint density at radius 2 is 2.08 bits per heavy atom. The van der Waals surface area contributed by atoms with Crippen LogP contribution in [-0.2, 0) is 11.3 Å². The lowest BCUT2D eigenvalue weighted by Crippen LogP contribution is -2.47. The smallest absolute Gasteiger partial charge is 0.0968 e. The first-order valence-corrected chi connectivity index (χ1v) is 8.33. The molecule has 0 aromatic heterocycles. The fourth-order valence-corrected chi connectivity index (χ4v) is 2.61.